The summed E-state index contributed by atoms with van der Waals surface area (Å²) in [6.07, 6.45) is 3.73. The van der Waals surface area contributed by atoms with Crippen molar-refractivity contribution >= 4 is 17.7 Å². The first-order valence-electron chi connectivity index (χ1n) is 5.96. The summed E-state index contributed by atoms with van der Waals surface area (Å²) in [5.74, 6) is 1.68. The molecule has 0 unspecified atom stereocenters. The van der Waals surface area contributed by atoms with E-state index >= 15 is 0 Å². The number of ether oxygens (including phenoxy) is 1. The normalized spacial score (nSPS) is 10.8. The zero-order chi connectivity index (χ0) is 12.2. The van der Waals surface area contributed by atoms with Gasteiger partial charge >= 0.3 is 5.97 Å². The minimum Gasteiger partial charge on any atom is -0.465 e. The van der Waals surface area contributed by atoms with E-state index in [1.165, 1.54) is 0 Å². The lowest BCUT2D eigenvalue weighted by Gasteiger charge is -2.06. The second kappa shape index (κ2) is 11.2. The molecular weight excluding hydrogens is 227 g/mol. The van der Waals surface area contributed by atoms with Crippen molar-refractivity contribution in [1.29, 1.82) is 0 Å². The molecular formula is C12H23FO2S. The number of rotatable bonds is 10. The molecule has 0 aliphatic rings. The highest BCUT2D eigenvalue weighted by Crippen LogP contribution is 2.08. The largest absolute Gasteiger partial charge is 0.465 e. The predicted octanol–water partition coefficient (Wildman–Crippen LogP) is 3.45. The van der Waals surface area contributed by atoms with Crippen LogP contribution < -0.4 is 0 Å². The van der Waals surface area contributed by atoms with Crippen LogP contribution in [0.25, 0.3) is 0 Å². The second-order valence-electron chi connectivity index (χ2n) is 4.23. The lowest BCUT2D eigenvalue weighted by Crippen LogP contribution is -2.12. The molecule has 0 saturated carbocycles. The highest BCUT2D eigenvalue weighted by molar-refractivity contribution is 7.99. The number of carbonyl (C=O) groups is 1. The van der Waals surface area contributed by atoms with E-state index in [4.69, 9.17) is 4.74 Å². The van der Waals surface area contributed by atoms with Gasteiger partial charge in [0.15, 0.2) is 0 Å². The van der Waals surface area contributed by atoms with Gasteiger partial charge in [-0.05, 0) is 24.5 Å². The van der Waals surface area contributed by atoms with Crippen molar-refractivity contribution in [2.45, 2.75) is 39.5 Å². The van der Waals surface area contributed by atoms with Crippen molar-refractivity contribution < 1.29 is 13.9 Å². The maximum Gasteiger partial charge on any atom is 0.315 e. The quantitative estimate of drug-likeness (QED) is 0.439. The van der Waals surface area contributed by atoms with E-state index in [1.54, 1.807) is 11.8 Å². The lowest BCUT2D eigenvalue weighted by molar-refractivity contribution is -0.141. The van der Waals surface area contributed by atoms with Crippen molar-refractivity contribution in [2.24, 2.45) is 5.92 Å². The monoisotopic (exact) mass is 250 g/mol. The summed E-state index contributed by atoms with van der Waals surface area (Å²) in [6.45, 7) is 4.33. The van der Waals surface area contributed by atoms with Crippen molar-refractivity contribution in [1.82, 2.24) is 0 Å². The summed E-state index contributed by atoms with van der Waals surface area (Å²) in [6, 6.07) is 0. The molecule has 16 heavy (non-hydrogen) atoms. The van der Waals surface area contributed by atoms with Gasteiger partial charge in [-0.1, -0.05) is 26.7 Å². The van der Waals surface area contributed by atoms with E-state index in [0.717, 1.165) is 25.0 Å². The number of thioether (sulfide) groups is 1. The zero-order valence-electron chi connectivity index (χ0n) is 10.3. The van der Waals surface area contributed by atoms with Gasteiger partial charge in [-0.25, -0.2) is 0 Å². The van der Waals surface area contributed by atoms with Gasteiger partial charge < -0.3 is 4.74 Å². The molecule has 0 bridgehead atoms. The van der Waals surface area contributed by atoms with E-state index < -0.39 is 0 Å². The highest BCUT2D eigenvalue weighted by Gasteiger charge is 2.03. The van der Waals surface area contributed by atoms with Crippen LogP contribution in [-0.2, 0) is 9.53 Å². The van der Waals surface area contributed by atoms with E-state index in [0.29, 0.717) is 24.7 Å². The maximum absolute atomic E-state index is 11.8. The molecule has 0 aliphatic heterocycles. The average Bonchev–Trinajstić information content (AvgIpc) is 2.25. The second-order valence-corrected chi connectivity index (χ2v) is 5.34. The van der Waals surface area contributed by atoms with E-state index in [2.05, 4.69) is 0 Å². The Bertz CT molecular complexity index is 174. The first-order chi connectivity index (χ1) is 7.66. The molecule has 0 aromatic carbocycles. The Balaban J connectivity index is 3.15. The fourth-order valence-electron chi connectivity index (χ4n) is 1.11. The SMILES string of the molecule is CC(C)COC(=O)CSCCCCCCF. The van der Waals surface area contributed by atoms with Crippen molar-refractivity contribution in [3.63, 3.8) is 0 Å². The van der Waals surface area contributed by atoms with Crippen LogP contribution in [0, 0.1) is 5.92 Å². The number of carbonyl (C=O) groups excluding carboxylic acids is 1. The van der Waals surface area contributed by atoms with Crippen molar-refractivity contribution in [2.75, 3.05) is 24.8 Å². The number of esters is 1. The number of halogens is 1. The Hall–Kier alpha value is -0.250. The molecule has 0 N–H and O–H groups in total. The Kier molecular flexibility index (Phi) is 11.1. The molecule has 0 aliphatic carbocycles. The van der Waals surface area contributed by atoms with Crippen molar-refractivity contribution in [3.05, 3.63) is 0 Å². The van der Waals surface area contributed by atoms with Crippen LogP contribution in [0.3, 0.4) is 0 Å². The first kappa shape index (κ1) is 15.8. The molecule has 0 aromatic rings. The molecule has 0 spiro atoms. The Morgan fingerprint density at radius 2 is 1.94 bits per heavy atom. The third-order valence-electron chi connectivity index (χ3n) is 1.97. The molecule has 0 atom stereocenters. The van der Waals surface area contributed by atoms with E-state index in [-0.39, 0.29) is 12.6 Å². The molecule has 0 aromatic heterocycles. The van der Waals surface area contributed by atoms with Gasteiger partial charge in [0.2, 0.25) is 0 Å². The summed E-state index contributed by atoms with van der Waals surface area (Å²) in [7, 11) is 0. The fourth-order valence-corrected chi connectivity index (χ4v) is 1.91. The minimum atomic E-state index is -0.214. The fraction of sp³-hybridized carbons (Fsp3) is 0.917. The molecule has 0 amide bonds. The molecule has 0 saturated heterocycles. The summed E-state index contributed by atoms with van der Waals surface area (Å²) < 4.78 is 16.8. The smallest absolute Gasteiger partial charge is 0.315 e. The standard InChI is InChI=1S/C12H23FO2S/c1-11(2)9-15-12(14)10-16-8-6-4-3-5-7-13/h11H,3-10H2,1-2H3. The van der Waals surface area contributed by atoms with Crippen LogP contribution >= 0.6 is 11.8 Å². The maximum atomic E-state index is 11.8. The molecule has 4 heteroatoms. The molecule has 0 heterocycles. The molecule has 2 nitrogen and oxygen atoms in total. The summed E-state index contributed by atoms with van der Waals surface area (Å²) in [5, 5.41) is 0. The van der Waals surface area contributed by atoms with Crippen LogP contribution in [0.5, 0.6) is 0 Å². The van der Waals surface area contributed by atoms with Crippen LogP contribution in [-0.4, -0.2) is 30.8 Å². The third kappa shape index (κ3) is 11.8. The topological polar surface area (TPSA) is 26.3 Å². The number of alkyl halides is 1. The molecule has 96 valence electrons. The lowest BCUT2D eigenvalue weighted by atomic mass is 10.2. The summed E-state index contributed by atoms with van der Waals surface area (Å²) in [5.41, 5.74) is 0. The average molecular weight is 250 g/mol. The highest BCUT2D eigenvalue weighted by atomic mass is 32.2. The van der Waals surface area contributed by atoms with Gasteiger partial charge in [-0.3, -0.25) is 9.18 Å². The predicted molar refractivity (Wildman–Crippen MR) is 67.6 cm³/mol. The van der Waals surface area contributed by atoms with Gasteiger partial charge in [0.05, 0.1) is 19.0 Å². The zero-order valence-corrected chi connectivity index (χ0v) is 11.2. The Morgan fingerprint density at radius 3 is 2.56 bits per heavy atom. The van der Waals surface area contributed by atoms with Crippen LogP contribution in [0.15, 0.2) is 0 Å². The van der Waals surface area contributed by atoms with Crippen molar-refractivity contribution in [3.8, 4) is 0 Å². The number of hydrogen-bond donors (Lipinski definition) is 0. The van der Waals surface area contributed by atoms with Crippen LogP contribution in [0.4, 0.5) is 4.39 Å². The minimum absolute atomic E-state index is 0.123. The Labute approximate surface area is 102 Å². The van der Waals surface area contributed by atoms with Gasteiger partial charge in [0.25, 0.3) is 0 Å². The Morgan fingerprint density at radius 1 is 1.25 bits per heavy atom. The van der Waals surface area contributed by atoms with Gasteiger partial charge in [-0.2, -0.15) is 11.8 Å². The van der Waals surface area contributed by atoms with Gasteiger partial charge in [-0.15, -0.1) is 0 Å². The molecule has 0 radical (unpaired) electrons. The molecule has 0 fully saturated rings. The first-order valence-corrected chi connectivity index (χ1v) is 7.11. The number of unbranched alkanes of at least 4 members (excludes halogenated alkanes) is 3. The van der Waals surface area contributed by atoms with E-state index in [9.17, 15) is 9.18 Å². The number of hydrogen-bond acceptors (Lipinski definition) is 3. The van der Waals surface area contributed by atoms with Crippen LogP contribution in [0.1, 0.15) is 39.5 Å². The van der Waals surface area contributed by atoms with Gasteiger partial charge in [0, 0.05) is 0 Å². The molecule has 0 rings (SSSR count). The van der Waals surface area contributed by atoms with E-state index in [1.807, 2.05) is 13.8 Å². The third-order valence-corrected chi connectivity index (χ3v) is 2.99. The summed E-state index contributed by atoms with van der Waals surface area (Å²) in [4.78, 5) is 11.2. The van der Waals surface area contributed by atoms with Crippen LogP contribution in [0.2, 0.25) is 0 Å². The summed E-state index contributed by atoms with van der Waals surface area (Å²) >= 11 is 1.60. The van der Waals surface area contributed by atoms with Gasteiger partial charge in [0.1, 0.15) is 0 Å².